The van der Waals surface area contributed by atoms with Crippen LogP contribution in [-0.2, 0) is 0 Å². The standard InChI is InChI=1S/C23H22ClNO3/c24-19-4-8-23-18(14-19)13-16(15-28-23)1-7-22(27)17-2-5-20(6-3-17)25-11-9-21(26)10-12-25/h1-8,13-14,21,26H,9-12,15H2/b7-1+. The van der Waals surface area contributed by atoms with Gasteiger partial charge in [0.2, 0.25) is 0 Å². The predicted octanol–water partition coefficient (Wildman–Crippen LogP) is 4.52. The Balaban J connectivity index is 1.42. The van der Waals surface area contributed by atoms with Crippen LogP contribution in [0, 0.1) is 0 Å². The van der Waals surface area contributed by atoms with Gasteiger partial charge in [-0.1, -0.05) is 17.7 Å². The van der Waals surface area contributed by atoms with Crippen molar-refractivity contribution >= 4 is 29.1 Å². The maximum Gasteiger partial charge on any atom is 0.185 e. The smallest absolute Gasteiger partial charge is 0.185 e. The Kier molecular flexibility index (Phi) is 5.51. The summed E-state index contributed by atoms with van der Waals surface area (Å²) in [6, 6.07) is 13.2. The lowest BCUT2D eigenvalue weighted by Gasteiger charge is -2.31. The normalized spacial score (nSPS) is 17.2. The van der Waals surface area contributed by atoms with Crippen LogP contribution >= 0.6 is 11.6 Å². The van der Waals surface area contributed by atoms with Crippen LogP contribution in [-0.4, -0.2) is 36.7 Å². The molecule has 2 aromatic carbocycles. The van der Waals surface area contributed by atoms with E-state index in [1.807, 2.05) is 42.5 Å². The molecule has 0 aromatic heterocycles. The van der Waals surface area contributed by atoms with Crippen LogP contribution in [0.2, 0.25) is 5.02 Å². The average Bonchev–Trinajstić information content (AvgIpc) is 2.72. The van der Waals surface area contributed by atoms with Crippen LogP contribution in [0.25, 0.3) is 6.08 Å². The molecule has 0 radical (unpaired) electrons. The molecule has 4 nitrogen and oxygen atoms in total. The largest absolute Gasteiger partial charge is 0.488 e. The number of aliphatic hydroxyl groups excluding tert-OH is 1. The Morgan fingerprint density at radius 3 is 2.64 bits per heavy atom. The summed E-state index contributed by atoms with van der Waals surface area (Å²) in [7, 11) is 0. The van der Waals surface area contributed by atoms with E-state index >= 15 is 0 Å². The highest BCUT2D eigenvalue weighted by atomic mass is 35.5. The van der Waals surface area contributed by atoms with Gasteiger partial charge < -0.3 is 14.7 Å². The number of allylic oxidation sites excluding steroid dienone is 1. The number of carbonyl (C=O) groups excluding carboxylic acids is 1. The van der Waals surface area contributed by atoms with E-state index in [2.05, 4.69) is 4.90 Å². The monoisotopic (exact) mass is 395 g/mol. The maximum absolute atomic E-state index is 12.5. The zero-order valence-electron chi connectivity index (χ0n) is 15.5. The third kappa shape index (κ3) is 4.29. The number of anilines is 1. The summed E-state index contributed by atoms with van der Waals surface area (Å²) in [6.07, 6.45) is 6.75. The average molecular weight is 396 g/mol. The van der Waals surface area contributed by atoms with Crippen molar-refractivity contribution in [3.63, 3.8) is 0 Å². The molecule has 0 bridgehead atoms. The van der Waals surface area contributed by atoms with Crippen molar-refractivity contribution in [2.24, 2.45) is 0 Å². The summed E-state index contributed by atoms with van der Waals surface area (Å²) in [5.74, 6) is 0.757. The second-order valence-electron chi connectivity index (χ2n) is 7.15. The van der Waals surface area contributed by atoms with E-state index in [0.717, 1.165) is 48.5 Å². The van der Waals surface area contributed by atoms with Gasteiger partial charge in [-0.3, -0.25) is 4.79 Å². The molecule has 0 spiro atoms. The van der Waals surface area contributed by atoms with Crippen molar-refractivity contribution in [2.75, 3.05) is 24.6 Å². The van der Waals surface area contributed by atoms with Crippen LogP contribution in [0.4, 0.5) is 5.69 Å². The van der Waals surface area contributed by atoms with Crippen molar-refractivity contribution in [1.82, 2.24) is 0 Å². The number of nitrogens with zero attached hydrogens (tertiary/aromatic N) is 1. The zero-order chi connectivity index (χ0) is 19.5. The molecule has 2 aliphatic heterocycles. The summed E-state index contributed by atoms with van der Waals surface area (Å²) >= 11 is 6.04. The molecule has 28 heavy (non-hydrogen) atoms. The molecule has 0 unspecified atom stereocenters. The Morgan fingerprint density at radius 1 is 1.14 bits per heavy atom. The van der Waals surface area contributed by atoms with Gasteiger partial charge in [0.15, 0.2) is 5.78 Å². The van der Waals surface area contributed by atoms with E-state index < -0.39 is 0 Å². The van der Waals surface area contributed by atoms with Crippen molar-refractivity contribution in [1.29, 1.82) is 0 Å². The van der Waals surface area contributed by atoms with E-state index in [1.165, 1.54) is 0 Å². The van der Waals surface area contributed by atoms with Crippen LogP contribution in [0.1, 0.15) is 28.8 Å². The summed E-state index contributed by atoms with van der Waals surface area (Å²) < 4.78 is 5.71. The molecule has 144 valence electrons. The first-order valence-electron chi connectivity index (χ1n) is 9.47. The highest BCUT2D eigenvalue weighted by Gasteiger charge is 2.17. The fraction of sp³-hybridized carbons (Fsp3) is 0.261. The number of hydrogen-bond donors (Lipinski definition) is 1. The van der Waals surface area contributed by atoms with Crippen molar-refractivity contribution in [2.45, 2.75) is 18.9 Å². The summed E-state index contributed by atoms with van der Waals surface area (Å²) in [4.78, 5) is 14.7. The minimum atomic E-state index is -0.191. The number of carbonyl (C=O) groups is 1. The molecule has 0 atom stereocenters. The lowest BCUT2D eigenvalue weighted by atomic mass is 10.0. The van der Waals surface area contributed by atoms with Crippen LogP contribution in [0.3, 0.4) is 0 Å². The van der Waals surface area contributed by atoms with Gasteiger partial charge in [0.05, 0.1) is 6.10 Å². The first kappa shape index (κ1) is 18.8. The lowest BCUT2D eigenvalue weighted by Crippen LogP contribution is -2.35. The van der Waals surface area contributed by atoms with Gasteiger partial charge in [-0.05, 0) is 73.0 Å². The third-order valence-corrected chi connectivity index (χ3v) is 5.37. The van der Waals surface area contributed by atoms with Crippen LogP contribution in [0.15, 0.2) is 60.2 Å². The number of hydrogen-bond acceptors (Lipinski definition) is 4. The minimum Gasteiger partial charge on any atom is -0.488 e. The van der Waals surface area contributed by atoms with E-state index in [0.29, 0.717) is 17.2 Å². The summed E-state index contributed by atoms with van der Waals surface area (Å²) in [6.45, 7) is 2.11. The number of halogens is 1. The first-order chi connectivity index (χ1) is 13.6. The minimum absolute atomic E-state index is 0.0431. The molecule has 2 heterocycles. The van der Waals surface area contributed by atoms with E-state index in [4.69, 9.17) is 16.3 Å². The van der Waals surface area contributed by atoms with Gasteiger partial charge in [0, 0.05) is 34.9 Å². The number of fused-ring (bicyclic) bond motifs is 1. The second-order valence-corrected chi connectivity index (χ2v) is 7.59. The molecule has 5 heteroatoms. The number of ether oxygens (including phenoxy) is 1. The maximum atomic E-state index is 12.5. The molecular formula is C23H22ClNO3. The molecule has 0 saturated carbocycles. The first-order valence-corrected chi connectivity index (χ1v) is 9.85. The number of piperidine rings is 1. The second kappa shape index (κ2) is 8.21. The number of rotatable bonds is 4. The molecule has 1 N–H and O–H groups in total. The molecular weight excluding hydrogens is 374 g/mol. The van der Waals surface area contributed by atoms with E-state index in [-0.39, 0.29) is 11.9 Å². The van der Waals surface area contributed by atoms with E-state index in [9.17, 15) is 9.90 Å². The quantitative estimate of drug-likeness (QED) is 0.611. The molecule has 0 aliphatic carbocycles. The van der Waals surface area contributed by atoms with Gasteiger partial charge in [-0.2, -0.15) is 0 Å². The van der Waals surface area contributed by atoms with Gasteiger partial charge in [0.1, 0.15) is 12.4 Å². The molecule has 0 amide bonds. The SMILES string of the molecule is O=C(/C=C/C1=Cc2cc(Cl)ccc2OC1)c1ccc(N2CCC(O)CC2)cc1. The van der Waals surface area contributed by atoms with Crippen LogP contribution in [0.5, 0.6) is 5.75 Å². The molecule has 2 aliphatic rings. The number of ketones is 1. The molecule has 4 rings (SSSR count). The topological polar surface area (TPSA) is 49.8 Å². The highest BCUT2D eigenvalue weighted by molar-refractivity contribution is 6.30. The Bertz CT molecular complexity index is 925. The molecule has 2 aromatic rings. The van der Waals surface area contributed by atoms with Crippen molar-refractivity contribution in [3.05, 3.63) is 76.3 Å². The third-order valence-electron chi connectivity index (χ3n) is 5.14. The highest BCUT2D eigenvalue weighted by Crippen LogP contribution is 2.29. The fourth-order valence-electron chi connectivity index (χ4n) is 3.50. The Morgan fingerprint density at radius 2 is 1.89 bits per heavy atom. The Hall–Kier alpha value is -2.56. The number of aliphatic hydroxyl groups is 1. The lowest BCUT2D eigenvalue weighted by molar-refractivity contribution is 0.104. The summed E-state index contributed by atoms with van der Waals surface area (Å²) in [5.41, 5.74) is 3.58. The van der Waals surface area contributed by atoms with Crippen molar-refractivity contribution in [3.8, 4) is 5.75 Å². The van der Waals surface area contributed by atoms with E-state index in [1.54, 1.807) is 18.2 Å². The summed E-state index contributed by atoms with van der Waals surface area (Å²) in [5, 5.41) is 10.3. The van der Waals surface area contributed by atoms with Crippen LogP contribution < -0.4 is 9.64 Å². The van der Waals surface area contributed by atoms with Gasteiger partial charge in [-0.15, -0.1) is 0 Å². The zero-order valence-corrected chi connectivity index (χ0v) is 16.2. The van der Waals surface area contributed by atoms with Gasteiger partial charge in [-0.25, -0.2) is 0 Å². The van der Waals surface area contributed by atoms with Crippen molar-refractivity contribution < 1.29 is 14.6 Å². The van der Waals surface area contributed by atoms with Gasteiger partial charge >= 0.3 is 0 Å². The number of benzene rings is 2. The predicted molar refractivity (Wildman–Crippen MR) is 112 cm³/mol. The molecule has 1 fully saturated rings. The van der Waals surface area contributed by atoms with Gasteiger partial charge in [0.25, 0.3) is 0 Å². The Labute approximate surface area is 169 Å². The molecule has 1 saturated heterocycles. The fourth-order valence-corrected chi connectivity index (χ4v) is 3.68.